The molecule has 1 aromatic carbocycles. The fraction of sp³-hybridized carbons (Fsp3) is 0.538. The minimum atomic E-state index is -4.38. The van der Waals surface area contributed by atoms with E-state index in [9.17, 15) is 13.2 Å². The molecule has 98 valence electrons. The molecule has 2 nitrogen and oxygen atoms in total. The fourth-order valence-electron chi connectivity index (χ4n) is 3.21. The van der Waals surface area contributed by atoms with E-state index in [1.165, 1.54) is 18.6 Å². The summed E-state index contributed by atoms with van der Waals surface area (Å²) in [6, 6.07) is 4.67. The first kappa shape index (κ1) is 11.7. The minimum Gasteiger partial charge on any atom is -0.398 e. The van der Waals surface area contributed by atoms with E-state index < -0.39 is 11.7 Å². The number of anilines is 2. The van der Waals surface area contributed by atoms with Crippen LogP contribution in [0.2, 0.25) is 0 Å². The molecule has 0 amide bonds. The Morgan fingerprint density at radius 3 is 2.56 bits per heavy atom. The van der Waals surface area contributed by atoms with Crippen molar-refractivity contribution in [3.8, 4) is 0 Å². The van der Waals surface area contributed by atoms with Gasteiger partial charge in [0, 0.05) is 24.0 Å². The van der Waals surface area contributed by atoms with Crippen LogP contribution in [0.25, 0.3) is 0 Å². The molecule has 18 heavy (non-hydrogen) atoms. The standard InChI is InChI=1S/C13H15F3N2/c14-13(15,16)11-6-10(3-4-12(11)17)18-7-8-1-2-9(18)5-8/h3-4,6,8-9H,1-2,5,7,17H2/t8-,9+/m0/s1. The third-order valence-electron chi connectivity index (χ3n) is 4.08. The normalized spacial score (nSPS) is 26.9. The van der Waals surface area contributed by atoms with Crippen molar-refractivity contribution < 1.29 is 13.2 Å². The van der Waals surface area contributed by atoms with E-state index in [1.54, 1.807) is 6.07 Å². The maximum atomic E-state index is 12.8. The first-order valence-electron chi connectivity index (χ1n) is 6.18. The van der Waals surface area contributed by atoms with Crippen molar-refractivity contribution in [1.82, 2.24) is 0 Å². The lowest BCUT2D eigenvalue weighted by Gasteiger charge is -2.30. The quantitative estimate of drug-likeness (QED) is 0.781. The number of piperidine rings is 1. The Kier molecular flexibility index (Phi) is 2.47. The van der Waals surface area contributed by atoms with Gasteiger partial charge in [0.25, 0.3) is 0 Å². The Balaban J connectivity index is 1.94. The number of halogens is 3. The molecule has 0 aromatic heterocycles. The van der Waals surface area contributed by atoms with E-state index in [0.717, 1.165) is 19.4 Å². The molecule has 3 rings (SSSR count). The second-order valence-corrected chi connectivity index (χ2v) is 5.25. The van der Waals surface area contributed by atoms with Gasteiger partial charge < -0.3 is 10.6 Å². The van der Waals surface area contributed by atoms with Crippen molar-refractivity contribution in [2.75, 3.05) is 17.2 Å². The monoisotopic (exact) mass is 256 g/mol. The second kappa shape index (κ2) is 3.80. The third kappa shape index (κ3) is 1.82. The zero-order valence-electron chi connectivity index (χ0n) is 9.87. The molecule has 1 saturated heterocycles. The highest BCUT2D eigenvalue weighted by atomic mass is 19.4. The van der Waals surface area contributed by atoms with Crippen molar-refractivity contribution in [3.05, 3.63) is 23.8 Å². The van der Waals surface area contributed by atoms with E-state index in [2.05, 4.69) is 4.90 Å². The maximum Gasteiger partial charge on any atom is 0.418 e. The molecular formula is C13H15F3N2. The first-order chi connectivity index (χ1) is 8.45. The lowest BCUT2D eigenvalue weighted by atomic mass is 10.1. The molecule has 1 aromatic rings. The van der Waals surface area contributed by atoms with Gasteiger partial charge in [-0.1, -0.05) is 0 Å². The molecular weight excluding hydrogens is 241 g/mol. The van der Waals surface area contributed by atoms with Gasteiger partial charge in [0.05, 0.1) is 5.56 Å². The number of nitrogens with zero attached hydrogens (tertiary/aromatic N) is 1. The molecule has 2 atom stereocenters. The maximum absolute atomic E-state index is 12.8. The molecule has 1 aliphatic carbocycles. The van der Waals surface area contributed by atoms with Crippen LogP contribution >= 0.6 is 0 Å². The van der Waals surface area contributed by atoms with Crippen LogP contribution in [0.15, 0.2) is 18.2 Å². The number of nitrogen functional groups attached to an aromatic ring is 1. The number of hydrogen-bond acceptors (Lipinski definition) is 2. The molecule has 2 N–H and O–H groups in total. The topological polar surface area (TPSA) is 29.3 Å². The summed E-state index contributed by atoms with van der Waals surface area (Å²) in [7, 11) is 0. The molecule has 2 aliphatic rings. The summed E-state index contributed by atoms with van der Waals surface area (Å²) in [4.78, 5) is 2.10. The summed E-state index contributed by atoms with van der Waals surface area (Å²) in [5, 5.41) is 0. The van der Waals surface area contributed by atoms with Gasteiger partial charge >= 0.3 is 6.18 Å². The molecule has 0 radical (unpaired) electrons. The van der Waals surface area contributed by atoms with Crippen LogP contribution in [-0.2, 0) is 6.18 Å². The van der Waals surface area contributed by atoms with Gasteiger partial charge in [0.2, 0.25) is 0 Å². The van der Waals surface area contributed by atoms with Crippen molar-refractivity contribution >= 4 is 11.4 Å². The lowest BCUT2D eigenvalue weighted by Crippen LogP contribution is -2.32. The predicted molar refractivity (Wildman–Crippen MR) is 64.3 cm³/mol. The van der Waals surface area contributed by atoms with Crippen molar-refractivity contribution in [2.24, 2.45) is 5.92 Å². The van der Waals surface area contributed by atoms with Gasteiger partial charge in [-0.25, -0.2) is 0 Å². The molecule has 0 unspecified atom stereocenters. The van der Waals surface area contributed by atoms with Gasteiger partial charge in [0.1, 0.15) is 0 Å². The number of benzene rings is 1. The summed E-state index contributed by atoms with van der Waals surface area (Å²) >= 11 is 0. The Labute approximate surface area is 104 Å². The van der Waals surface area contributed by atoms with Gasteiger partial charge in [-0.3, -0.25) is 0 Å². The fourth-order valence-corrected chi connectivity index (χ4v) is 3.21. The summed E-state index contributed by atoms with van der Waals surface area (Å²) in [5.74, 6) is 0.655. The van der Waals surface area contributed by atoms with Crippen LogP contribution in [0.5, 0.6) is 0 Å². The molecule has 2 bridgehead atoms. The molecule has 1 aliphatic heterocycles. The zero-order valence-corrected chi connectivity index (χ0v) is 9.87. The molecule has 2 fully saturated rings. The SMILES string of the molecule is Nc1ccc(N2C[C@H]3CC[C@@H]2C3)cc1C(F)(F)F. The minimum absolute atomic E-state index is 0.199. The van der Waals surface area contributed by atoms with Gasteiger partial charge in [0.15, 0.2) is 0 Å². The van der Waals surface area contributed by atoms with Crippen molar-refractivity contribution in [2.45, 2.75) is 31.5 Å². The third-order valence-corrected chi connectivity index (χ3v) is 4.08. The summed E-state index contributed by atoms with van der Waals surface area (Å²) < 4.78 is 38.4. The number of rotatable bonds is 1. The second-order valence-electron chi connectivity index (χ2n) is 5.25. The smallest absolute Gasteiger partial charge is 0.398 e. The van der Waals surface area contributed by atoms with Crippen LogP contribution in [0.4, 0.5) is 24.5 Å². The Morgan fingerprint density at radius 1 is 1.22 bits per heavy atom. The summed E-state index contributed by atoms with van der Waals surface area (Å²) in [5.41, 5.74) is 5.15. The van der Waals surface area contributed by atoms with Crippen LogP contribution in [0.3, 0.4) is 0 Å². The first-order valence-corrected chi connectivity index (χ1v) is 6.18. The highest BCUT2D eigenvalue weighted by molar-refractivity contribution is 5.60. The molecule has 1 saturated carbocycles. The summed E-state index contributed by atoms with van der Waals surface area (Å²) in [6.07, 6.45) is -0.955. The molecule has 5 heteroatoms. The van der Waals surface area contributed by atoms with Crippen LogP contribution in [-0.4, -0.2) is 12.6 Å². The summed E-state index contributed by atoms with van der Waals surface area (Å²) in [6.45, 7) is 0.881. The molecule has 0 spiro atoms. The van der Waals surface area contributed by atoms with Crippen LogP contribution in [0, 0.1) is 5.92 Å². The van der Waals surface area contributed by atoms with Crippen molar-refractivity contribution in [1.29, 1.82) is 0 Å². The number of hydrogen-bond donors (Lipinski definition) is 1. The largest absolute Gasteiger partial charge is 0.418 e. The lowest BCUT2D eigenvalue weighted by molar-refractivity contribution is -0.136. The Morgan fingerprint density at radius 2 is 2.00 bits per heavy atom. The Bertz CT molecular complexity index is 470. The number of fused-ring (bicyclic) bond motifs is 2. The van der Waals surface area contributed by atoms with Crippen LogP contribution < -0.4 is 10.6 Å². The highest BCUT2D eigenvalue weighted by Gasteiger charge is 2.39. The van der Waals surface area contributed by atoms with E-state index in [-0.39, 0.29) is 5.69 Å². The molecule has 1 heterocycles. The Hall–Kier alpha value is -1.39. The number of alkyl halides is 3. The van der Waals surface area contributed by atoms with E-state index in [0.29, 0.717) is 17.6 Å². The van der Waals surface area contributed by atoms with Gasteiger partial charge in [-0.2, -0.15) is 13.2 Å². The predicted octanol–water partition coefficient (Wildman–Crippen LogP) is 3.28. The number of nitrogens with two attached hydrogens (primary N) is 1. The average Bonchev–Trinajstić information content (AvgIpc) is 2.89. The van der Waals surface area contributed by atoms with Crippen LogP contribution in [0.1, 0.15) is 24.8 Å². The van der Waals surface area contributed by atoms with Crippen molar-refractivity contribution in [3.63, 3.8) is 0 Å². The van der Waals surface area contributed by atoms with E-state index in [1.807, 2.05) is 0 Å². The van der Waals surface area contributed by atoms with Gasteiger partial charge in [-0.15, -0.1) is 0 Å². The zero-order chi connectivity index (χ0) is 12.9. The van der Waals surface area contributed by atoms with E-state index in [4.69, 9.17) is 5.73 Å². The highest BCUT2D eigenvalue weighted by Crippen LogP contribution is 2.42. The van der Waals surface area contributed by atoms with E-state index >= 15 is 0 Å². The van der Waals surface area contributed by atoms with Gasteiger partial charge in [-0.05, 0) is 43.4 Å². The average molecular weight is 256 g/mol.